The predicted octanol–water partition coefficient (Wildman–Crippen LogP) is 4.10. The van der Waals surface area contributed by atoms with Crippen molar-refractivity contribution >= 4 is 33.2 Å². The molecule has 22 heavy (non-hydrogen) atoms. The number of rotatable bonds is 2. The van der Waals surface area contributed by atoms with Crippen LogP contribution in [0, 0.1) is 0 Å². The molecule has 6 heteroatoms. The van der Waals surface area contributed by atoms with Crippen LogP contribution in [0.25, 0.3) is 26.6 Å². The lowest BCUT2D eigenvalue weighted by Crippen LogP contribution is -2.12. The Morgan fingerprint density at radius 2 is 1.91 bits per heavy atom. The molecule has 0 saturated carbocycles. The van der Waals surface area contributed by atoms with Gasteiger partial charge in [-0.15, -0.1) is 0 Å². The van der Waals surface area contributed by atoms with E-state index in [9.17, 15) is 4.79 Å². The lowest BCUT2D eigenvalue weighted by molar-refractivity contribution is 0.846. The fourth-order valence-corrected chi connectivity index (χ4v) is 3.37. The van der Waals surface area contributed by atoms with E-state index in [0.717, 1.165) is 21.5 Å². The average Bonchev–Trinajstić information content (AvgIpc) is 3.11. The first kappa shape index (κ1) is 13.3. The van der Waals surface area contributed by atoms with Crippen molar-refractivity contribution in [2.24, 2.45) is 0 Å². The van der Waals surface area contributed by atoms with E-state index >= 15 is 0 Å². The van der Waals surface area contributed by atoms with E-state index in [1.807, 2.05) is 42.5 Å². The molecule has 0 saturated heterocycles. The summed E-state index contributed by atoms with van der Waals surface area (Å²) < 4.78 is 2.45. The van der Waals surface area contributed by atoms with Crippen molar-refractivity contribution < 1.29 is 0 Å². The lowest BCUT2D eigenvalue weighted by atomic mass is 10.2. The van der Waals surface area contributed by atoms with E-state index in [2.05, 4.69) is 10.1 Å². The fraction of sp³-hybridized carbons (Fsp3) is 0. The zero-order chi connectivity index (χ0) is 15.1. The van der Waals surface area contributed by atoms with E-state index in [1.54, 1.807) is 12.1 Å². The summed E-state index contributed by atoms with van der Waals surface area (Å²) in [5.74, 6) is 0. The molecule has 4 aromatic rings. The summed E-state index contributed by atoms with van der Waals surface area (Å²) in [5.41, 5.74) is 2.38. The summed E-state index contributed by atoms with van der Waals surface area (Å²) in [4.78, 5) is 16.7. The normalized spacial score (nSPS) is 11.1. The van der Waals surface area contributed by atoms with Crippen molar-refractivity contribution in [1.82, 2.24) is 14.8 Å². The van der Waals surface area contributed by atoms with Gasteiger partial charge in [-0.1, -0.05) is 53.3 Å². The Morgan fingerprint density at radius 3 is 2.73 bits per heavy atom. The van der Waals surface area contributed by atoms with E-state index in [0.29, 0.717) is 10.2 Å². The molecule has 0 spiro atoms. The maximum absolute atomic E-state index is 12.2. The smallest absolute Gasteiger partial charge is 0.273 e. The number of hydrogen-bond acceptors (Lipinski definition) is 3. The van der Waals surface area contributed by atoms with Crippen LogP contribution in [0.5, 0.6) is 0 Å². The van der Waals surface area contributed by atoms with Crippen LogP contribution >= 0.6 is 22.9 Å². The Hall–Kier alpha value is -2.37. The number of nitrogens with zero attached hydrogens (tertiary/aromatic N) is 2. The molecule has 0 aliphatic carbocycles. The minimum absolute atomic E-state index is 0.135. The van der Waals surface area contributed by atoms with Gasteiger partial charge in [0.25, 0.3) is 5.56 Å². The number of aromatic amines is 1. The van der Waals surface area contributed by atoms with Gasteiger partial charge < -0.3 is 0 Å². The zero-order valence-electron chi connectivity index (χ0n) is 11.3. The Kier molecular flexibility index (Phi) is 3.10. The summed E-state index contributed by atoms with van der Waals surface area (Å²) in [6, 6.07) is 16.8. The summed E-state index contributed by atoms with van der Waals surface area (Å²) in [6.07, 6.45) is 0. The molecule has 2 aromatic heterocycles. The van der Waals surface area contributed by atoms with Crippen LogP contribution in [0.15, 0.2) is 59.4 Å². The van der Waals surface area contributed by atoms with E-state index in [1.165, 1.54) is 16.0 Å². The van der Waals surface area contributed by atoms with Crippen LogP contribution in [0.2, 0.25) is 5.02 Å². The minimum atomic E-state index is -0.135. The van der Waals surface area contributed by atoms with Gasteiger partial charge in [-0.05, 0) is 23.8 Å². The second-order valence-corrected chi connectivity index (χ2v) is 6.26. The van der Waals surface area contributed by atoms with Crippen LogP contribution in [0.3, 0.4) is 0 Å². The Bertz CT molecular complexity index is 1020. The van der Waals surface area contributed by atoms with Gasteiger partial charge in [-0.2, -0.15) is 4.68 Å². The Labute approximate surface area is 134 Å². The van der Waals surface area contributed by atoms with Crippen LogP contribution < -0.4 is 5.56 Å². The SMILES string of the molecule is O=c1cc(-c2ccccc2)[nH]n1-c1nc2cc(Cl)ccc2s1. The van der Waals surface area contributed by atoms with Crippen molar-refractivity contribution in [3.05, 3.63) is 70.0 Å². The molecular formula is C16H10ClN3OS. The second kappa shape index (κ2) is 5.12. The highest BCUT2D eigenvalue weighted by Crippen LogP contribution is 2.26. The van der Waals surface area contributed by atoms with Gasteiger partial charge in [0.2, 0.25) is 5.13 Å². The third-order valence-corrected chi connectivity index (χ3v) is 4.59. The van der Waals surface area contributed by atoms with Crippen LogP contribution in [0.4, 0.5) is 0 Å². The van der Waals surface area contributed by atoms with Crippen molar-refractivity contribution in [2.45, 2.75) is 0 Å². The third-order valence-electron chi connectivity index (χ3n) is 3.33. The van der Waals surface area contributed by atoms with Gasteiger partial charge in [-0.3, -0.25) is 9.89 Å². The molecular weight excluding hydrogens is 318 g/mol. The molecule has 0 aliphatic rings. The Morgan fingerprint density at radius 1 is 1.09 bits per heavy atom. The van der Waals surface area contributed by atoms with Gasteiger partial charge in [0.15, 0.2) is 0 Å². The highest BCUT2D eigenvalue weighted by atomic mass is 35.5. The van der Waals surface area contributed by atoms with E-state index in [-0.39, 0.29) is 5.56 Å². The van der Waals surface area contributed by atoms with Gasteiger partial charge in [0.05, 0.1) is 15.9 Å². The molecule has 0 atom stereocenters. The summed E-state index contributed by atoms with van der Waals surface area (Å²) in [7, 11) is 0. The van der Waals surface area contributed by atoms with Crippen molar-refractivity contribution in [3.63, 3.8) is 0 Å². The van der Waals surface area contributed by atoms with Crippen molar-refractivity contribution in [1.29, 1.82) is 0 Å². The number of nitrogens with one attached hydrogen (secondary N) is 1. The number of fused-ring (bicyclic) bond motifs is 1. The molecule has 0 aliphatic heterocycles. The molecule has 1 N–H and O–H groups in total. The first-order chi connectivity index (χ1) is 10.7. The highest BCUT2D eigenvalue weighted by molar-refractivity contribution is 7.20. The van der Waals surface area contributed by atoms with E-state index in [4.69, 9.17) is 11.6 Å². The fourth-order valence-electron chi connectivity index (χ4n) is 2.29. The largest absolute Gasteiger partial charge is 0.288 e. The minimum Gasteiger partial charge on any atom is -0.288 e. The van der Waals surface area contributed by atoms with Gasteiger partial charge >= 0.3 is 0 Å². The first-order valence-electron chi connectivity index (χ1n) is 6.65. The monoisotopic (exact) mass is 327 g/mol. The molecule has 2 aromatic carbocycles. The molecule has 4 nitrogen and oxygen atoms in total. The third kappa shape index (κ3) is 2.24. The maximum atomic E-state index is 12.2. The number of aromatic nitrogens is 3. The van der Waals surface area contributed by atoms with Gasteiger partial charge in [0, 0.05) is 11.1 Å². The summed E-state index contributed by atoms with van der Waals surface area (Å²) >= 11 is 7.42. The number of hydrogen-bond donors (Lipinski definition) is 1. The quantitative estimate of drug-likeness (QED) is 0.602. The maximum Gasteiger partial charge on any atom is 0.273 e. The predicted molar refractivity (Wildman–Crippen MR) is 90.0 cm³/mol. The van der Waals surface area contributed by atoms with E-state index < -0.39 is 0 Å². The van der Waals surface area contributed by atoms with Gasteiger partial charge in [0.1, 0.15) is 0 Å². The summed E-state index contributed by atoms with van der Waals surface area (Å²) in [6.45, 7) is 0. The van der Waals surface area contributed by atoms with Crippen LogP contribution in [-0.4, -0.2) is 14.8 Å². The summed E-state index contributed by atoms with van der Waals surface area (Å²) in [5, 5.41) is 4.34. The second-order valence-electron chi connectivity index (χ2n) is 4.82. The molecule has 2 heterocycles. The van der Waals surface area contributed by atoms with Crippen molar-refractivity contribution in [2.75, 3.05) is 0 Å². The number of benzene rings is 2. The van der Waals surface area contributed by atoms with Crippen LogP contribution in [-0.2, 0) is 0 Å². The molecule has 0 unspecified atom stereocenters. The number of thiazole rings is 1. The molecule has 108 valence electrons. The van der Waals surface area contributed by atoms with Gasteiger partial charge in [-0.25, -0.2) is 4.98 Å². The first-order valence-corrected chi connectivity index (χ1v) is 7.84. The average molecular weight is 328 g/mol. The highest BCUT2D eigenvalue weighted by Gasteiger charge is 2.11. The van der Waals surface area contributed by atoms with Crippen molar-refractivity contribution in [3.8, 4) is 16.4 Å². The lowest BCUT2D eigenvalue weighted by Gasteiger charge is -1.97. The Balaban J connectivity index is 1.85. The van der Waals surface area contributed by atoms with Crippen LogP contribution in [0.1, 0.15) is 0 Å². The molecule has 4 rings (SSSR count). The standard InChI is InChI=1S/C16H10ClN3OS/c17-11-6-7-14-13(8-11)18-16(22-14)20-15(21)9-12(19-20)10-4-2-1-3-5-10/h1-9,19H. The molecule has 0 bridgehead atoms. The number of H-pyrrole nitrogens is 1. The molecule has 0 radical (unpaired) electrons. The topological polar surface area (TPSA) is 50.7 Å². The molecule has 0 amide bonds. The zero-order valence-corrected chi connectivity index (χ0v) is 12.9. The molecule has 0 fully saturated rings. The number of halogens is 1.